The number of benzene rings is 1. The first-order valence-corrected chi connectivity index (χ1v) is 6.97. The molecular weight excluding hydrogens is 242 g/mol. The lowest BCUT2D eigenvalue weighted by Crippen LogP contribution is -2.16. The fourth-order valence-corrected chi connectivity index (χ4v) is 2.02. The molecule has 19 heavy (non-hydrogen) atoms. The van der Waals surface area contributed by atoms with E-state index in [9.17, 15) is 0 Å². The highest BCUT2D eigenvalue weighted by molar-refractivity contribution is 5.48. The number of nitrogens with one attached hydrogen (secondary N) is 1. The molecule has 0 amide bonds. The normalized spacial score (nSPS) is 13.2. The van der Waals surface area contributed by atoms with Gasteiger partial charge in [-0.3, -0.25) is 0 Å². The van der Waals surface area contributed by atoms with Crippen molar-refractivity contribution in [3.63, 3.8) is 0 Å². The number of hydrogen-bond donors (Lipinski definition) is 1. The van der Waals surface area contributed by atoms with Gasteiger partial charge in [0.05, 0.1) is 6.10 Å². The predicted molar refractivity (Wildman–Crippen MR) is 74.6 cm³/mol. The zero-order chi connectivity index (χ0) is 13.5. The number of rotatable bonds is 8. The van der Waals surface area contributed by atoms with Gasteiger partial charge in [0, 0.05) is 18.7 Å². The van der Waals surface area contributed by atoms with Gasteiger partial charge in [-0.05, 0) is 39.3 Å². The third-order valence-electron chi connectivity index (χ3n) is 2.99. The summed E-state index contributed by atoms with van der Waals surface area (Å²) in [5, 5.41) is 3.43. The molecule has 1 N–H and O–H groups in total. The molecule has 106 valence electrons. The molecular formula is C15H23NO3. The number of ether oxygens (including phenoxy) is 3. The first kappa shape index (κ1) is 14.2. The van der Waals surface area contributed by atoms with Crippen molar-refractivity contribution in [3.8, 4) is 11.5 Å². The van der Waals surface area contributed by atoms with E-state index in [-0.39, 0.29) is 0 Å². The fourth-order valence-electron chi connectivity index (χ4n) is 2.02. The third-order valence-corrected chi connectivity index (χ3v) is 2.99. The van der Waals surface area contributed by atoms with Gasteiger partial charge in [-0.1, -0.05) is 12.1 Å². The molecule has 0 atom stereocenters. The van der Waals surface area contributed by atoms with E-state index in [2.05, 4.69) is 25.2 Å². The van der Waals surface area contributed by atoms with Gasteiger partial charge in [-0.25, -0.2) is 0 Å². The zero-order valence-corrected chi connectivity index (χ0v) is 11.8. The molecule has 1 aliphatic rings. The van der Waals surface area contributed by atoms with Crippen LogP contribution in [0.5, 0.6) is 11.5 Å². The molecule has 0 saturated heterocycles. The molecule has 1 heterocycles. The van der Waals surface area contributed by atoms with Gasteiger partial charge < -0.3 is 19.5 Å². The molecule has 2 rings (SSSR count). The van der Waals surface area contributed by atoms with Crippen LogP contribution in [0.1, 0.15) is 32.3 Å². The summed E-state index contributed by atoms with van der Waals surface area (Å²) >= 11 is 0. The Morgan fingerprint density at radius 2 is 2.16 bits per heavy atom. The van der Waals surface area contributed by atoms with E-state index in [1.54, 1.807) is 0 Å². The summed E-state index contributed by atoms with van der Waals surface area (Å²) in [4.78, 5) is 0. The first-order chi connectivity index (χ1) is 9.27. The Morgan fingerprint density at radius 3 is 3.00 bits per heavy atom. The summed E-state index contributed by atoms with van der Waals surface area (Å²) in [5.41, 5.74) is 1.16. The van der Waals surface area contributed by atoms with Crippen LogP contribution in [0.15, 0.2) is 18.2 Å². The van der Waals surface area contributed by atoms with Gasteiger partial charge in [0.25, 0.3) is 0 Å². The van der Waals surface area contributed by atoms with Crippen LogP contribution in [0.4, 0.5) is 0 Å². The molecule has 0 unspecified atom stereocenters. The highest BCUT2D eigenvalue weighted by Gasteiger charge is 2.16. The molecule has 4 heteroatoms. The minimum atomic E-state index is 0.331. The Bertz CT molecular complexity index is 393. The maximum absolute atomic E-state index is 5.50. The third kappa shape index (κ3) is 4.40. The van der Waals surface area contributed by atoms with E-state index in [4.69, 9.17) is 14.2 Å². The van der Waals surface area contributed by atoms with Crippen LogP contribution in [-0.4, -0.2) is 26.0 Å². The molecule has 1 aromatic rings. The van der Waals surface area contributed by atoms with Crippen molar-refractivity contribution < 1.29 is 14.2 Å². The van der Waals surface area contributed by atoms with Gasteiger partial charge in [0.1, 0.15) is 0 Å². The molecule has 0 saturated carbocycles. The fraction of sp³-hybridized carbons (Fsp3) is 0.600. The summed E-state index contributed by atoms with van der Waals surface area (Å²) in [5.74, 6) is 1.74. The van der Waals surface area contributed by atoms with Gasteiger partial charge in [0.15, 0.2) is 11.5 Å². The Labute approximate surface area is 115 Å². The summed E-state index contributed by atoms with van der Waals surface area (Å²) in [7, 11) is 0. The van der Waals surface area contributed by atoms with E-state index in [0.717, 1.165) is 49.6 Å². The molecule has 0 aromatic heterocycles. The molecule has 0 radical (unpaired) electrons. The SMILES string of the molecule is CC(C)OCCCCNCc1cccc2c1OCO2. The topological polar surface area (TPSA) is 39.7 Å². The Hall–Kier alpha value is -1.26. The molecule has 0 fully saturated rings. The van der Waals surface area contributed by atoms with E-state index in [0.29, 0.717) is 12.9 Å². The van der Waals surface area contributed by atoms with E-state index >= 15 is 0 Å². The lowest BCUT2D eigenvalue weighted by atomic mass is 10.2. The summed E-state index contributed by atoms with van der Waals surface area (Å²) in [6, 6.07) is 6.01. The van der Waals surface area contributed by atoms with Crippen molar-refractivity contribution in [1.82, 2.24) is 5.32 Å². The van der Waals surface area contributed by atoms with E-state index in [1.807, 2.05) is 12.1 Å². The highest BCUT2D eigenvalue weighted by atomic mass is 16.7. The van der Waals surface area contributed by atoms with E-state index < -0.39 is 0 Å². The predicted octanol–water partition coefficient (Wildman–Crippen LogP) is 2.71. The smallest absolute Gasteiger partial charge is 0.231 e. The van der Waals surface area contributed by atoms with Crippen LogP contribution >= 0.6 is 0 Å². The van der Waals surface area contributed by atoms with Gasteiger partial charge in [-0.2, -0.15) is 0 Å². The molecule has 0 spiro atoms. The van der Waals surface area contributed by atoms with Crippen LogP contribution in [0, 0.1) is 0 Å². The van der Waals surface area contributed by atoms with Crippen molar-refractivity contribution in [3.05, 3.63) is 23.8 Å². The monoisotopic (exact) mass is 265 g/mol. The zero-order valence-electron chi connectivity index (χ0n) is 11.8. The molecule has 4 nitrogen and oxygen atoms in total. The van der Waals surface area contributed by atoms with Crippen molar-refractivity contribution in [2.45, 2.75) is 39.3 Å². The summed E-state index contributed by atoms with van der Waals surface area (Å²) in [6.07, 6.45) is 2.55. The van der Waals surface area contributed by atoms with Crippen LogP contribution < -0.4 is 14.8 Å². The lowest BCUT2D eigenvalue weighted by Gasteiger charge is -2.09. The Morgan fingerprint density at radius 1 is 1.26 bits per heavy atom. The second kappa shape index (κ2) is 7.36. The van der Waals surface area contributed by atoms with Gasteiger partial charge in [-0.15, -0.1) is 0 Å². The average Bonchev–Trinajstić information content (AvgIpc) is 2.86. The van der Waals surface area contributed by atoms with Gasteiger partial charge >= 0.3 is 0 Å². The molecule has 1 aromatic carbocycles. The standard InChI is InChI=1S/C15H23NO3/c1-12(2)17-9-4-3-8-16-10-13-6-5-7-14-15(13)19-11-18-14/h5-7,12,16H,3-4,8-11H2,1-2H3. The molecule has 0 bridgehead atoms. The molecule has 0 aliphatic carbocycles. The highest BCUT2D eigenvalue weighted by Crippen LogP contribution is 2.35. The first-order valence-electron chi connectivity index (χ1n) is 6.97. The quantitative estimate of drug-likeness (QED) is 0.734. The van der Waals surface area contributed by atoms with Crippen molar-refractivity contribution in [2.75, 3.05) is 19.9 Å². The maximum Gasteiger partial charge on any atom is 0.231 e. The van der Waals surface area contributed by atoms with Crippen LogP contribution in [0.25, 0.3) is 0 Å². The average molecular weight is 265 g/mol. The number of para-hydroxylation sites is 1. The summed E-state index contributed by atoms with van der Waals surface area (Å²) < 4.78 is 16.3. The lowest BCUT2D eigenvalue weighted by molar-refractivity contribution is 0.0760. The van der Waals surface area contributed by atoms with Crippen molar-refractivity contribution in [2.24, 2.45) is 0 Å². The number of unbranched alkanes of at least 4 members (excludes halogenated alkanes) is 1. The van der Waals surface area contributed by atoms with Crippen molar-refractivity contribution in [1.29, 1.82) is 0 Å². The van der Waals surface area contributed by atoms with Crippen molar-refractivity contribution >= 4 is 0 Å². The molecule has 1 aliphatic heterocycles. The van der Waals surface area contributed by atoms with Crippen LogP contribution in [0.2, 0.25) is 0 Å². The second-order valence-corrected chi connectivity index (χ2v) is 4.95. The van der Waals surface area contributed by atoms with Gasteiger partial charge in [0.2, 0.25) is 6.79 Å². The van der Waals surface area contributed by atoms with Crippen LogP contribution in [0.3, 0.4) is 0 Å². The van der Waals surface area contributed by atoms with E-state index in [1.165, 1.54) is 0 Å². The maximum atomic E-state index is 5.50. The number of fused-ring (bicyclic) bond motifs is 1. The minimum Gasteiger partial charge on any atom is -0.454 e. The number of hydrogen-bond acceptors (Lipinski definition) is 4. The second-order valence-electron chi connectivity index (χ2n) is 4.95. The largest absolute Gasteiger partial charge is 0.454 e. The summed E-state index contributed by atoms with van der Waals surface area (Å²) in [6.45, 7) is 7.12. The Kier molecular flexibility index (Phi) is 5.48. The Balaban J connectivity index is 1.63. The minimum absolute atomic E-state index is 0.331. The van der Waals surface area contributed by atoms with Crippen LogP contribution in [-0.2, 0) is 11.3 Å².